The average molecular weight is 283 g/mol. The Morgan fingerprint density at radius 2 is 2.00 bits per heavy atom. The number of likely N-dealkylation sites (N-methyl/N-ethyl adjacent to an activating group) is 1. The first-order valence-electron chi connectivity index (χ1n) is 8.61. The zero-order valence-corrected chi connectivity index (χ0v) is 13.4. The molecule has 2 unspecified atom stereocenters. The Bertz CT molecular complexity index is 262. The molecule has 4 heteroatoms. The number of nitrogens with zero attached hydrogens (tertiary/aromatic N) is 2. The zero-order chi connectivity index (χ0) is 14.2. The maximum absolute atomic E-state index is 5.88. The van der Waals surface area contributed by atoms with Crippen LogP contribution in [0.5, 0.6) is 0 Å². The molecule has 118 valence electrons. The normalized spacial score (nSPS) is 30.3. The van der Waals surface area contributed by atoms with Gasteiger partial charge in [0.1, 0.15) is 0 Å². The van der Waals surface area contributed by atoms with E-state index >= 15 is 0 Å². The highest BCUT2D eigenvalue weighted by Crippen LogP contribution is 2.12. The molecule has 0 saturated carbocycles. The van der Waals surface area contributed by atoms with Gasteiger partial charge in [-0.25, -0.2) is 0 Å². The second kappa shape index (κ2) is 8.98. The summed E-state index contributed by atoms with van der Waals surface area (Å²) >= 11 is 0. The largest absolute Gasteiger partial charge is 0.374 e. The molecule has 2 saturated heterocycles. The van der Waals surface area contributed by atoms with E-state index in [0.29, 0.717) is 12.1 Å². The Morgan fingerprint density at radius 3 is 2.80 bits per heavy atom. The number of likely N-dealkylation sites (tertiary alicyclic amines) is 1. The van der Waals surface area contributed by atoms with Gasteiger partial charge in [-0.2, -0.15) is 0 Å². The van der Waals surface area contributed by atoms with Crippen molar-refractivity contribution in [2.75, 3.05) is 52.4 Å². The predicted molar refractivity (Wildman–Crippen MR) is 84.2 cm³/mol. The summed E-state index contributed by atoms with van der Waals surface area (Å²) in [6.45, 7) is 13.6. The molecule has 2 fully saturated rings. The maximum atomic E-state index is 5.88. The summed E-state index contributed by atoms with van der Waals surface area (Å²) in [5.74, 6) is 0. The third-order valence-corrected chi connectivity index (χ3v) is 4.66. The van der Waals surface area contributed by atoms with Crippen LogP contribution in [0, 0.1) is 0 Å². The predicted octanol–water partition coefficient (Wildman–Crippen LogP) is 1.56. The lowest BCUT2D eigenvalue weighted by molar-refractivity contribution is -0.0265. The summed E-state index contributed by atoms with van der Waals surface area (Å²) in [7, 11) is 0. The third-order valence-electron chi connectivity index (χ3n) is 4.66. The number of hydrogen-bond donors (Lipinski definition) is 1. The van der Waals surface area contributed by atoms with Crippen molar-refractivity contribution in [1.29, 1.82) is 0 Å². The summed E-state index contributed by atoms with van der Waals surface area (Å²) in [4.78, 5) is 5.11. The van der Waals surface area contributed by atoms with Crippen molar-refractivity contribution in [2.45, 2.75) is 51.7 Å². The molecule has 0 aromatic carbocycles. The van der Waals surface area contributed by atoms with Gasteiger partial charge >= 0.3 is 0 Å². The zero-order valence-electron chi connectivity index (χ0n) is 13.4. The summed E-state index contributed by atoms with van der Waals surface area (Å²) in [5, 5.41) is 3.76. The van der Waals surface area contributed by atoms with E-state index in [-0.39, 0.29) is 0 Å². The Balaban J connectivity index is 1.66. The maximum Gasteiger partial charge on any atom is 0.0826 e. The molecule has 4 nitrogen and oxygen atoms in total. The van der Waals surface area contributed by atoms with Crippen molar-refractivity contribution in [2.24, 2.45) is 0 Å². The van der Waals surface area contributed by atoms with Crippen molar-refractivity contribution in [3.05, 3.63) is 0 Å². The monoisotopic (exact) mass is 283 g/mol. The van der Waals surface area contributed by atoms with Gasteiger partial charge in [0.2, 0.25) is 0 Å². The number of morpholine rings is 1. The van der Waals surface area contributed by atoms with E-state index in [0.717, 1.165) is 32.8 Å². The molecule has 20 heavy (non-hydrogen) atoms. The molecule has 1 N–H and O–H groups in total. The van der Waals surface area contributed by atoms with E-state index in [4.69, 9.17) is 4.74 Å². The topological polar surface area (TPSA) is 27.7 Å². The molecule has 2 aliphatic rings. The Labute approximate surface area is 124 Å². The summed E-state index contributed by atoms with van der Waals surface area (Å²) in [5.41, 5.74) is 0. The number of rotatable bonds is 6. The van der Waals surface area contributed by atoms with Crippen LogP contribution in [0.4, 0.5) is 0 Å². The summed E-state index contributed by atoms with van der Waals surface area (Å²) in [6.07, 6.45) is 5.62. The van der Waals surface area contributed by atoms with Crippen molar-refractivity contribution in [1.82, 2.24) is 15.1 Å². The minimum Gasteiger partial charge on any atom is -0.374 e. The fourth-order valence-corrected chi connectivity index (χ4v) is 3.39. The molecule has 2 aliphatic heterocycles. The van der Waals surface area contributed by atoms with E-state index in [9.17, 15) is 0 Å². The van der Waals surface area contributed by atoms with Crippen LogP contribution in [0.3, 0.4) is 0 Å². The van der Waals surface area contributed by atoms with Crippen molar-refractivity contribution in [3.8, 4) is 0 Å². The molecule has 0 bridgehead atoms. The molecule has 2 atom stereocenters. The fourth-order valence-electron chi connectivity index (χ4n) is 3.39. The molecule has 0 amide bonds. The Morgan fingerprint density at radius 1 is 1.10 bits per heavy atom. The molecule has 2 heterocycles. The lowest BCUT2D eigenvalue weighted by atomic mass is 10.1. The second-order valence-electron chi connectivity index (χ2n) is 6.26. The van der Waals surface area contributed by atoms with Gasteiger partial charge in [0.25, 0.3) is 0 Å². The van der Waals surface area contributed by atoms with Gasteiger partial charge in [0.05, 0.1) is 12.7 Å². The molecular weight excluding hydrogens is 250 g/mol. The second-order valence-corrected chi connectivity index (χ2v) is 6.26. The van der Waals surface area contributed by atoms with E-state index in [1.165, 1.54) is 45.3 Å². The molecule has 0 aromatic heterocycles. The quantitative estimate of drug-likeness (QED) is 0.801. The average Bonchev–Trinajstić information content (AvgIpc) is 2.71. The number of ether oxygens (including phenoxy) is 1. The Hall–Kier alpha value is -0.160. The summed E-state index contributed by atoms with van der Waals surface area (Å²) < 4.78 is 5.88. The molecule has 0 aromatic rings. The number of hydrogen-bond acceptors (Lipinski definition) is 4. The van der Waals surface area contributed by atoms with Crippen LogP contribution >= 0.6 is 0 Å². The first-order chi connectivity index (χ1) is 9.81. The van der Waals surface area contributed by atoms with Crippen molar-refractivity contribution < 1.29 is 4.74 Å². The van der Waals surface area contributed by atoms with Gasteiger partial charge in [-0.15, -0.1) is 0 Å². The molecule has 0 radical (unpaired) electrons. The highest BCUT2D eigenvalue weighted by Gasteiger charge is 2.21. The summed E-state index contributed by atoms with van der Waals surface area (Å²) in [6, 6.07) is 0.692. The van der Waals surface area contributed by atoms with Gasteiger partial charge in [0, 0.05) is 25.7 Å². The molecule has 2 rings (SSSR count). The SMILES string of the molecule is CCCN1CCCC(NCC2CN(CC)CCO2)CC1. The smallest absolute Gasteiger partial charge is 0.0826 e. The lowest BCUT2D eigenvalue weighted by Crippen LogP contribution is -2.48. The van der Waals surface area contributed by atoms with Crippen LogP contribution in [0.15, 0.2) is 0 Å². The van der Waals surface area contributed by atoms with Crippen molar-refractivity contribution >= 4 is 0 Å². The fraction of sp³-hybridized carbons (Fsp3) is 1.00. The first kappa shape index (κ1) is 16.2. The van der Waals surface area contributed by atoms with Crippen LogP contribution in [0.2, 0.25) is 0 Å². The van der Waals surface area contributed by atoms with Crippen LogP contribution in [-0.2, 0) is 4.74 Å². The van der Waals surface area contributed by atoms with Gasteiger partial charge in [-0.05, 0) is 51.9 Å². The van der Waals surface area contributed by atoms with Gasteiger partial charge in [-0.1, -0.05) is 13.8 Å². The van der Waals surface area contributed by atoms with Gasteiger partial charge in [0.15, 0.2) is 0 Å². The van der Waals surface area contributed by atoms with E-state index < -0.39 is 0 Å². The lowest BCUT2D eigenvalue weighted by Gasteiger charge is -2.33. The standard InChI is InChI=1S/C16H33N3O/c1-3-8-19-9-5-6-15(7-10-19)17-13-16-14-18(4-2)11-12-20-16/h15-17H,3-14H2,1-2H3. The highest BCUT2D eigenvalue weighted by atomic mass is 16.5. The minimum absolute atomic E-state index is 0.388. The van der Waals surface area contributed by atoms with Crippen molar-refractivity contribution in [3.63, 3.8) is 0 Å². The van der Waals surface area contributed by atoms with E-state index in [1.807, 2.05) is 0 Å². The van der Waals surface area contributed by atoms with E-state index in [1.54, 1.807) is 0 Å². The Kier molecular flexibility index (Phi) is 7.28. The number of nitrogens with one attached hydrogen (secondary N) is 1. The van der Waals surface area contributed by atoms with Crippen LogP contribution in [0.25, 0.3) is 0 Å². The van der Waals surface area contributed by atoms with Gasteiger partial charge in [-0.3, -0.25) is 4.90 Å². The first-order valence-corrected chi connectivity index (χ1v) is 8.61. The van der Waals surface area contributed by atoms with Gasteiger partial charge < -0.3 is 15.0 Å². The minimum atomic E-state index is 0.388. The highest BCUT2D eigenvalue weighted by molar-refractivity contribution is 4.78. The third kappa shape index (κ3) is 5.32. The van der Waals surface area contributed by atoms with E-state index in [2.05, 4.69) is 29.0 Å². The molecule has 0 aliphatic carbocycles. The van der Waals surface area contributed by atoms with Crippen LogP contribution < -0.4 is 5.32 Å². The van der Waals surface area contributed by atoms with Crippen LogP contribution in [0.1, 0.15) is 39.5 Å². The molecular formula is C16H33N3O. The van der Waals surface area contributed by atoms with Crippen LogP contribution in [-0.4, -0.2) is 74.4 Å². The molecule has 0 spiro atoms.